The normalized spacial score (nSPS) is 23.3. The van der Waals surface area contributed by atoms with Gasteiger partial charge in [-0.25, -0.2) is 4.98 Å². The van der Waals surface area contributed by atoms with Gasteiger partial charge in [-0.15, -0.1) is 0 Å². The molecule has 0 aromatic carbocycles. The average molecular weight is 262 g/mol. The minimum Gasteiger partial charge on any atom is -0.330 e. The summed E-state index contributed by atoms with van der Waals surface area (Å²) in [4.78, 5) is 4.84. The van der Waals surface area contributed by atoms with Gasteiger partial charge in [0.05, 0.1) is 0 Å². The van der Waals surface area contributed by atoms with Crippen molar-refractivity contribution >= 4 is 0 Å². The Morgan fingerprint density at radius 1 is 1.21 bits per heavy atom. The Hall–Kier alpha value is -0.900. The third-order valence-corrected chi connectivity index (χ3v) is 5.22. The third kappa shape index (κ3) is 2.55. The van der Waals surface area contributed by atoms with E-state index in [4.69, 9.17) is 10.7 Å². The molecule has 0 aliphatic heterocycles. The largest absolute Gasteiger partial charge is 0.330 e. The standard InChI is InChI=1S/C15H26N4/c1-19-13(10-15(11-16)8-5-9-15)17-14(18-19)12-6-3-2-4-7-12/h12H,2-11,16H2,1H3. The second kappa shape index (κ2) is 5.23. The topological polar surface area (TPSA) is 56.7 Å². The lowest BCUT2D eigenvalue weighted by Gasteiger charge is -2.40. The van der Waals surface area contributed by atoms with Crippen molar-refractivity contribution in [3.8, 4) is 0 Å². The number of hydrogen-bond donors (Lipinski definition) is 1. The summed E-state index contributed by atoms with van der Waals surface area (Å²) in [5, 5.41) is 4.68. The monoisotopic (exact) mass is 262 g/mol. The molecule has 0 unspecified atom stereocenters. The van der Waals surface area contributed by atoms with Crippen LogP contribution in [0.5, 0.6) is 0 Å². The lowest BCUT2D eigenvalue weighted by Crippen LogP contribution is -2.39. The van der Waals surface area contributed by atoms with E-state index in [1.54, 1.807) is 0 Å². The lowest BCUT2D eigenvalue weighted by molar-refractivity contribution is 0.140. The zero-order valence-electron chi connectivity index (χ0n) is 12.1. The molecule has 19 heavy (non-hydrogen) atoms. The molecule has 2 N–H and O–H groups in total. The Balaban J connectivity index is 1.73. The van der Waals surface area contributed by atoms with Gasteiger partial charge in [0.1, 0.15) is 5.82 Å². The van der Waals surface area contributed by atoms with E-state index < -0.39 is 0 Å². The summed E-state index contributed by atoms with van der Waals surface area (Å²) >= 11 is 0. The first-order valence-corrected chi connectivity index (χ1v) is 7.82. The van der Waals surface area contributed by atoms with Gasteiger partial charge in [-0.1, -0.05) is 25.7 Å². The summed E-state index contributed by atoms with van der Waals surface area (Å²) in [6.45, 7) is 0.790. The van der Waals surface area contributed by atoms with Gasteiger partial charge in [-0.05, 0) is 37.6 Å². The van der Waals surface area contributed by atoms with Gasteiger partial charge in [0.2, 0.25) is 0 Å². The van der Waals surface area contributed by atoms with E-state index in [1.807, 2.05) is 11.7 Å². The highest BCUT2D eigenvalue weighted by Gasteiger charge is 2.37. The van der Waals surface area contributed by atoms with E-state index in [0.29, 0.717) is 11.3 Å². The number of aryl methyl sites for hydroxylation is 1. The Kier molecular flexibility index (Phi) is 3.61. The lowest BCUT2D eigenvalue weighted by atomic mass is 9.66. The molecule has 2 fully saturated rings. The maximum atomic E-state index is 5.96. The van der Waals surface area contributed by atoms with E-state index in [9.17, 15) is 0 Å². The van der Waals surface area contributed by atoms with Crippen LogP contribution in [-0.2, 0) is 13.5 Å². The van der Waals surface area contributed by atoms with Gasteiger partial charge in [-0.3, -0.25) is 4.68 Å². The summed E-state index contributed by atoms with van der Waals surface area (Å²) in [6.07, 6.45) is 11.5. The molecule has 4 heteroatoms. The first kappa shape index (κ1) is 13.1. The molecule has 2 aliphatic rings. The van der Waals surface area contributed by atoms with E-state index in [2.05, 4.69) is 5.10 Å². The summed E-state index contributed by atoms with van der Waals surface area (Å²) in [6, 6.07) is 0. The van der Waals surface area contributed by atoms with Crippen molar-refractivity contribution in [1.82, 2.24) is 14.8 Å². The molecule has 3 rings (SSSR count). The smallest absolute Gasteiger partial charge is 0.154 e. The molecule has 1 aromatic rings. The maximum Gasteiger partial charge on any atom is 0.154 e. The zero-order valence-corrected chi connectivity index (χ0v) is 12.1. The van der Waals surface area contributed by atoms with E-state index >= 15 is 0 Å². The molecule has 0 saturated heterocycles. The number of aromatic nitrogens is 3. The quantitative estimate of drug-likeness (QED) is 0.907. The second-order valence-corrected chi connectivity index (χ2v) is 6.58. The number of nitrogens with two attached hydrogens (primary N) is 1. The van der Waals surface area contributed by atoms with Crippen LogP contribution in [0.25, 0.3) is 0 Å². The van der Waals surface area contributed by atoms with Crippen LogP contribution in [0.15, 0.2) is 0 Å². The Bertz CT molecular complexity index is 422. The molecule has 2 saturated carbocycles. The molecular formula is C15H26N4. The van der Waals surface area contributed by atoms with E-state index in [1.165, 1.54) is 51.4 Å². The highest BCUT2D eigenvalue weighted by molar-refractivity contribution is 5.05. The Morgan fingerprint density at radius 3 is 2.53 bits per heavy atom. The molecular weight excluding hydrogens is 236 g/mol. The van der Waals surface area contributed by atoms with Crippen molar-refractivity contribution < 1.29 is 0 Å². The maximum absolute atomic E-state index is 5.96. The molecule has 0 spiro atoms. The predicted molar refractivity (Wildman–Crippen MR) is 75.9 cm³/mol. The number of hydrogen-bond acceptors (Lipinski definition) is 3. The SMILES string of the molecule is Cn1nc(C2CCCCC2)nc1CC1(CN)CCC1. The van der Waals surface area contributed by atoms with Crippen molar-refractivity contribution in [2.24, 2.45) is 18.2 Å². The second-order valence-electron chi connectivity index (χ2n) is 6.58. The van der Waals surface area contributed by atoms with Crippen LogP contribution in [0.1, 0.15) is 68.9 Å². The van der Waals surface area contributed by atoms with Crippen molar-refractivity contribution in [3.05, 3.63) is 11.6 Å². The number of rotatable bonds is 4. The molecule has 2 aliphatic carbocycles. The Labute approximate surface area is 115 Å². The molecule has 106 valence electrons. The molecule has 0 bridgehead atoms. The van der Waals surface area contributed by atoms with Crippen LogP contribution in [0, 0.1) is 5.41 Å². The highest BCUT2D eigenvalue weighted by Crippen LogP contribution is 2.42. The van der Waals surface area contributed by atoms with Crippen LogP contribution in [0.4, 0.5) is 0 Å². The van der Waals surface area contributed by atoms with Crippen molar-refractivity contribution in [1.29, 1.82) is 0 Å². The molecule has 0 amide bonds. The van der Waals surface area contributed by atoms with Gasteiger partial charge in [-0.2, -0.15) is 5.10 Å². The minimum atomic E-state index is 0.324. The van der Waals surface area contributed by atoms with Crippen LogP contribution in [-0.4, -0.2) is 21.3 Å². The van der Waals surface area contributed by atoms with Crippen LogP contribution in [0.3, 0.4) is 0 Å². The first-order valence-electron chi connectivity index (χ1n) is 7.82. The van der Waals surface area contributed by atoms with E-state index in [0.717, 1.165) is 24.6 Å². The van der Waals surface area contributed by atoms with Crippen LogP contribution >= 0.6 is 0 Å². The van der Waals surface area contributed by atoms with Crippen molar-refractivity contribution in [2.45, 2.75) is 63.7 Å². The fraction of sp³-hybridized carbons (Fsp3) is 0.867. The molecule has 0 atom stereocenters. The van der Waals surface area contributed by atoms with Gasteiger partial charge < -0.3 is 5.73 Å². The first-order chi connectivity index (χ1) is 9.22. The minimum absolute atomic E-state index is 0.324. The summed E-state index contributed by atoms with van der Waals surface area (Å²) < 4.78 is 2.00. The van der Waals surface area contributed by atoms with Crippen LogP contribution in [0.2, 0.25) is 0 Å². The van der Waals surface area contributed by atoms with Gasteiger partial charge in [0, 0.05) is 19.4 Å². The molecule has 1 heterocycles. The predicted octanol–water partition coefficient (Wildman–Crippen LogP) is 2.53. The van der Waals surface area contributed by atoms with E-state index in [-0.39, 0.29) is 0 Å². The number of nitrogens with zero attached hydrogens (tertiary/aromatic N) is 3. The summed E-state index contributed by atoms with van der Waals surface area (Å²) in [7, 11) is 2.04. The molecule has 0 radical (unpaired) electrons. The van der Waals surface area contributed by atoms with Crippen molar-refractivity contribution in [3.63, 3.8) is 0 Å². The summed E-state index contributed by atoms with van der Waals surface area (Å²) in [5.74, 6) is 2.83. The van der Waals surface area contributed by atoms with Crippen LogP contribution < -0.4 is 5.73 Å². The zero-order chi connectivity index (χ0) is 13.3. The van der Waals surface area contributed by atoms with Crippen molar-refractivity contribution in [2.75, 3.05) is 6.54 Å². The fourth-order valence-electron chi connectivity index (χ4n) is 3.59. The molecule has 4 nitrogen and oxygen atoms in total. The summed E-state index contributed by atoms with van der Waals surface area (Å²) in [5.41, 5.74) is 6.28. The van der Waals surface area contributed by atoms with Gasteiger partial charge >= 0.3 is 0 Å². The third-order valence-electron chi connectivity index (χ3n) is 5.22. The van der Waals surface area contributed by atoms with Gasteiger partial charge in [0.25, 0.3) is 0 Å². The Morgan fingerprint density at radius 2 is 1.95 bits per heavy atom. The highest BCUT2D eigenvalue weighted by atomic mass is 15.3. The molecule has 1 aromatic heterocycles. The average Bonchev–Trinajstić information content (AvgIpc) is 2.76. The fourth-order valence-corrected chi connectivity index (χ4v) is 3.59. The van der Waals surface area contributed by atoms with Gasteiger partial charge in [0.15, 0.2) is 5.82 Å².